The van der Waals surface area contributed by atoms with E-state index in [-0.39, 0.29) is 31.0 Å². The predicted octanol–water partition coefficient (Wildman–Crippen LogP) is 0.875. The van der Waals surface area contributed by atoms with Gasteiger partial charge in [-0.1, -0.05) is 13.8 Å². The Bertz CT molecular complexity index is 529. The lowest BCUT2D eigenvalue weighted by Gasteiger charge is -2.45. The zero-order valence-electron chi connectivity index (χ0n) is 15.0. The molecular formula is C16H24N2O6S. The highest BCUT2D eigenvalue weighted by Gasteiger charge is 2.53. The maximum Gasteiger partial charge on any atom is 0.307 e. The van der Waals surface area contributed by atoms with E-state index < -0.39 is 29.2 Å². The average molecular weight is 372 g/mol. The van der Waals surface area contributed by atoms with Gasteiger partial charge in [0, 0.05) is 13.1 Å². The van der Waals surface area contributed by atoms with E-state index in [9.17, 15) is 19.2 Å². The molecule has 0 atom stereocenters. The molecule has 2 amide bonds. The summed E-state index contributed by atoms with van der Waals surface area (Å²) in [5, 5.41) is 0.000307. The van der Waals surface area contributed by atoms with Crippen LogP contribution in [0.4, 0.5) is 0 Å². The summed E-state index contributed by atoms with van der Waals surface area (Å²) in [5.74, 6) is -1.78. The molecule has 1 aliphatic rings. The van der Waals surface area contributed by atoms with Gasteiger partial charge in [0.25, 0.3) is 0 Å². The van der Waals surface area contributed by atoms with Crippen LogP contribution in [0.15, 0.2) is 0 Å². The third-order valence-electron chi connectivity index (χ3n) is 4.51. The minimum absolute atomic E-state index is 0.000307. The summed E-state index contributed by atoms with van der Waals surface area (Å²) in [6.45, 7) is 3.55. The summed E-state index contributed by atoms with van der Waals surface area (Å²) in [4.78, 5) is 51.2. The summed E-state index contributed by atoms with van der Waals surface area (Å²) < 4.78 is 9.19. The lowest BCUT2D eigenvalue weighted by molar-refractivity contribution is -0.157. The number of amides is 2. The quantitative estimate of drug-likeness (QED) is 0.355. The zero-order chi connectivity index (χ0) is 19.2. The fraction of sp³-hybridized carbons (Fsp3) is 0.688. The van der Waals surface area contributed by atoms with Gasteiger partial charge in [0.2, 0.25) is 11.8 Å². The van der Waals surface area contributed by atoms with Gasteiger partial charge in [-0.25, -0.2) is 0 Å². The van der Waals surface area contributed by atoms with Crippen molar-refractivity contribution in [3.05, 3.63) is 0 Å². The maximum atomic E-state index is 12.9. The molecule has 1 heterocycles. The number of ether oxygens (including phenoxy) is 2. The summed E-state index contributed by atoms with van der Waals surface area (Å²) >= 11 is 5.28. The Morgan fingerprint density at radius 1 is 0.920 bits per heavy atom. The van der Waals surface area contributed by atoms with Crippen LogP contribution in [0.5, 0.6) is 0 Å². The number of rotatable bonds is 8. The number of esters is 2. The molecule has 1 fully saturated rings. The molecule has 0 aromatic heterocycles. The molecule has 0 aromatic rings. The van der Waals surface area contributed by atoms with Crippen LogP contribution in [0.3, 0.4) is 0 Å². The molecule has 9 heteroatoms. The lowest BCUT2D eigenvalue weighted by Crippen LogP contribution is -2.65. The molecule has 1 saturated heterocycles. The molecule has 0 spiro atoms. The second-order valence-electron chi connectivity index (χ2n) is 5.64. The highest BCUT2D eigenvalue weighted by atomic mass is 32.1. The first-order chi connectivity index (χ1) is 11.8. The molecule has 0 bridgehead atoms. The van der Waals surface area contributed by atoms with Crippen LogP contribution in [0.25, 0.3) is 0 Å². The normalized spacial score (nSPS) is 16.9. The predicted molar refractivity (Wildman–Crippen MR) is 92.3 cm³/mol. The molecule has 8 nitrogen and oxygen atoms in total. The summed E-state index contributed by atoms with van der Waals surface area (Å²) in [6.07, 6.45) is 0.524. The van der Waals surface area contributed by atoms with E-state index in [2.05, 4.69) is 9.47 Å². The van der Waals surface area contributed by atoms with Gasteiger partial charge in [-0.05, 0) is 25.1 Å². The van der Waals surface area contributed by atoms with Crippen molar-refractivity contribution in [3.8, 4) is 0 Å². The van der Waals surface area contributed by atoms with Crippen LogP contribution < -0.4 is 0 Å². The molecular weight excluding hydrogens is 348 g/mol. The standard InChI is InChI=1S/C16H24N2O6S/c1-5-16(6-2)13(21)17(9-7-11(19)23-3)15(25)18(14(16)22)10-8-12(20)24-4/h5-10H2,1-4H3. The van der Waals surface area contributed by atoms with Crippen molar-refractivity contribution in [1.82, 2.24) is 9.80 Å². The average Bonchev–Trinajstić information content (AvgIpc) is 2.62. The van der Waals surface area contributed by atoms with E-state index in [0.717, 1.165) is 0 Å². The highest BCUT2D eigenvalue weighted by molar-refractivity contribution is 7.80. The summed E-state index contributed by atoms with van der Waals surface area (Å²) in [6, 6.07) is 0. The SMILES string of the molecule is CCC1(CC)C(=O)N(CCC(=O)OC)C(=S)N(CCC(=O)OC)C1=O. The summed E-state index contributed by atoms with van der Waals surface area (Å²) in [7, 11) is 2.51. The van der Waals surface area contributed by atoms with E-state index in [1.54, 1.807) is 13.8 Å². The lowest BCUT2D eigenvalue weighted by atomic mass is 9.78. The van der Waals surface area contributed by atoms with Gasteiger partial charge < -0.3 is 9.47 Å². The minimum atomic E-state index is -1.24. The fourth-order valence-electron chi connectivity index (χ4n) is 2.79. The number of hydrogen-bond donors (Lipinski definition) is 0. The number of nitrogens with zero attached hydrogens (tertiary/aromatic N) is 2. The second-order valence-corrected chi connectivity index (χ2v) is 6.00. The molecule has 0 saturated carbocycles. The van der Waals surface area contributed by atoms with Gasteiger partial charge in [-0.15, -0.1) is 0 Å². The Morgan fingerprint density at radius 3 is 1.56 bits per heavy atom. The van der Waals surface area contributed by atoms with Gasteiger partial charge >= 0.3 is 11.9 Å². The van der Waals surface area contributed by atoms with E-state index in [1.165, 1.54) is 24.0 Å². The number of thiocarbonyl (C=S) groups is 1. The Balaban J connectivity index is 3.13. The second kappa shape index (κ2) is 8.89. The molecule has 0 aromatic carbocycles. The Labute approximate surface area is 152 Å². The number of methoxy groups -OCH3 is 2. The van der Waals surface area contributed by atoms with Crippen molar-refractivity contribution >= 4 is 41.1 Å². The van der Waals surface area contributed by atoms with E-state index in [1.807, 2.05) is 0 Å². The van der Waals surface area contributed by atoms with Gasteiger partial charge in [-0.2, -0.15) is 0 Å². The molecule has 0 N–H and O–H groups in total. The monoisotopic (exact) mass is 372 g/mol. The van der Waals surface area contributed by atoms with Crippen LogP contribution in [0, 0.1) is 5.41 Å². The third kappa shape index (κ3) is 4.15. The van der Waals surface area contributed by atoms with Gasteiger partial charge in [0.05, 0.1) is 27.1 Å². The van der Waals surface area contributed by atoms with Crippen molar-refractivity contribution in [3.63, 3.8) is 0 Å². The molecule has 0 radical (unpaired) electrons. The van der Waals surface area contributed by atoms with E-state index >= 15 is 0 Å². The third-order valence-corrected chi connectivity index (χ3v) is 4.95. The molecule has 0 unspecified atom stereocenters. The van der Waals surface area contributed by atoms with Crippen molar-refractivity contribution in [2.45, 2.75) is 39.5 Å². The summed E-state index contributed by atoms with van der Waals surface area (Å²) in [5.41, 5.74) is -1.24. The van der Waals surface area contributed by atoms with E-state index in [4.69, 9.17) is 12.2 Å². The zero-order valence-corrected chi connectivity index (χ0v) is 15.8. The highest BCUT2D eigenvalue weighted by Crippen LogP contribution is 2.36. The number of hydrogen-bond acceptors (Lipinski definition) is 7. The largest absolute Gasteiger partial charge is 0.469 e. The van der Waals surface area contributed by atoms with Crippen molar-refractivity contribution in [2.24, 2.45) is 5.41 Å². The van der Waals surface area contributed by atoms with Crippen LogP contribution in [0.1, 0.15) is 39.5 Å². The van der Waals surface area contributed by atoms with Crippen LogP contribution in [-0.2, 0) is 28.7 Å². The van der Waals surface area contributed by atoms with Crippen LogP contribution in [0.2, 0.25) is 0 Å². The molecule has 140 valence electrons. The van der Waals surface area contributed by atoms with Crippen LogP contribution in [-0.4, -0.2) is 66.0 Å². The first kappa shape index (κ1) is 21.0. The van der Waals surface area contributed by atoms with Crippen molar-refractivity contribution in [2.75, 3.05) is 27.3 Å². The van der Waals surface area contributed by atoms with Crippen molar-refractivity contribution in [1.29, 1.82) is 0 Å². The Hall–Kier alpha value is -2.03. The van der Waals surface area contributed by atoms with Crippen LogP contribution >= 0.6 is 12.2 Å². The smallest absolute Gasteiger partial charge is 0.307 e. The Kier molecular flexibility index (Phi) is 7.47. The van der Waals surface area contributed by atoms with Crippen molar-refractivity contribution < 1.29 is 28.7 Å². The topological polar surface area (TPSA) is 93.2 Å². The van der Waals surface area contributed by atoms with Gasteiger partial charge in [0.15, 0.2) is 5.11 Å². The van der Waals surface area contributed by atoms with E-state index in [0.29, 0.717) is 12.8 Å². The fourth-order valence-corrected chi connectivity index (χ4v) is 3.14. The van der Waals surface area contributed by atoms with Gasteiger partial charge in [0.1, 0.15) is 5.41 Å². The minimum Gasteiger partial charge on any atom is -0.469 e. The number of carbonyl (C=O) groups excluding carboxylic acids is 4. The maximum absolute atomic E-state index is 12.9. The molecule has 0 aliphatic carbocycles. The molecule has 1 rings (SSSR count). The number of carbonyl (C=O) groups is 4. The van der Waals surface area contributed by atoms with Gasteiger partial charge in [-0.3, -0.25) is 29.0 Å². The molecule has 1 aliphatic heterocycles. The molecule has 25 heavy (non-hydrogen) atoms. The first-order valence-electron chi connectivity index (χ1n) is 8.10. The Morgan fingerprint density at radius 2 is 1.28 bits per heavy atom. The first-order valence-corrected chi connectivity index (χ1v) is 8.51.